The lowest BCUT2D eigenvalue weighted by Crippen LogP contribution is -2.32. The van der Waals surface area contributed by atoms with E-state index in [4.69, 9.17) is 4.74 Å². The zero-order chi connectivity index (χ0) is 29.3. The molecule has 10 heteroatoms. The zero-order valence-corrected chi connectivity index (χ0v) is 26.2. The minimum atomic E-state index is -2.94. The Balaban J connectivity index is 0.000000180. The van der Waals surface area contributed by atoms with E-state index in [1.54, 1.807) is 16.1 Å². The van der Waals surface area contributed by atoms with Crippen LogP contribution in [0.15, 0.2) is 47.8 Å². The van der Waals surface area contributed by atoms with Crippen LogP contribution in [-0.2, 0) is 19.6 Å². The Labute approximate surface area is 243 Å². The van der Waals surface area contributed by atoms with Gasteiger partial charge in [0.15, 0.2) is 0 Å². The lowest BCUT2D eigenvalue weighted by molar-refractivity contribution is -0.152. The number of carbonyl (C=O) groups is 1. The number of esters is 1. The van der Waals surface area contributed by atoms with Crippen molar-refractivity contribution in [3.8, 4) is 21.8 Å². The minimum absolute atomic E-state index is 0.0237. The molecule has 1 N–H and O–H groups in total. The third-order valence-electron chi connectivity index (χ3n) is 6.31. The summed E-state index contributed by atoms with van der Waals surface area (Å²) in [6, 6.07) is 14.7. The topological polar surface area (TPSA) is 103 Å². The highest BCUT2D eigenvalue weighted by Gasteiger charge is 2.35. The van der Waals surface area contributed by atoms with Crippen molar-refractivity contribution in [2.75, 3.05) is 0 Å². The molecule has 0 amide bonds. The summed E-state index contributed by atoms with van der Waals surface area (Å²) in [4.78, 5) is 14.0. The van der Waals surface area contributed by atoms with Crippen molar-refractivity contribution in [2.45, 2.75) is 104 Å². The molecule has 3 aromatic rings. The third kappa shape index (κ3) is 9.82. The van der Waals surface area contributed by atoms with Gasteiger partial charge in [-0.15, -0.1) is 11.3 Å². The van der Waals surface area contributed by atoms with E-state index < -0.39 is 10.0 Å². The van der Waals surface area contributed by atoms with Crippen LogP contribution in [0.3, 0.4) is 0 Å². The van der Waals surface area contributed by atoms with Crippen molar-refractivity contribution in [1.82, 2.24) is 19.7 Å². The Bertz CT molecular complexity index is 1280. The van der Waals surface area contributed by atoms with Crippen molar-refractivity contribution in [1.29, 1.82) is 0 Å². The van der Waals surface area contributed by atoms with Crippen molar-refractivity contribution < 1.29 is 17.9 Å². The molecule has 1 aromatic carbocycles. The van der Waals surface area contributed by atoms with Crippen LogP contribution in [-0.4, -0.2) is 46.8 Å². The van der Waals surface area contributed by atoms with Gasteiger partial charge in [-0.25, -0.2) is 13.1 Å². The summed E-state index contributed by atoms with van der Waals surface area (Å²) in [5, 5.41) is 11.3. The number of aromatic nitrogens is 3. The number of hydrogen-bond acceptors (Lipinski definition) is 7. The SMILES string of the molecule is CC(C)C(=O)OC1CCCC1.CC(C)NS(=O)(=O)C1CC1.CC(C)n1nc(-c2ccccc2)c(-c2cccs2)n1. The van der Waals surface area contributed by atoms with Gasteiger partial charge >= 0.3 is 5.97 Å². The van der Waals surface area contributed by atoms with E-state index in [1.165, 1.54) is 12.8 Å². The Kier molecular flexibility index (Phi) is 11.9. The highest BCUT2D eigenvalue weighted by atomic mass is 32.2. The van der Waals surface area contributed by atoms with E-state index in [0.717, 1.165) is 47.5 Å². The highest BCUT2D eigenvalue weighted by molar-refractivity contribution is 7.90. The lowest BCUT2D eigenvalue weighted by atomic mass is 10.1. The fourth-order valence-corrected chi connectivity index (χ4v) is 6.35. The molecule has 220 valence electrons. The summed E-state index contributed by atoms with van der Waals surface area (Å²) < 4.78 is 30.0. The predicted octanol–water partition coefficient (Wildman–Crippen LogP) is 6.86. The fourth-order valence-electron chi connectivity index (χ4n) is 4.03. The molecule has 0 aliphatic heterocycles. The second kappa shape index (κ2) is 14.9. The molecule has 2 saturated carbocycles. The highest BCUT2D eigenvalue weighted by Crippen LogP contribution is 2.32. The largest absolute Gasteiger partial charge is 0.462 e. The average molecular weight is 589 g/mol. The molecule has 0 atom stereocenters. The van der Waals surface area contributed by atoms with Crippen LogP contribution in [0, 0.1) is 5.92 Å². The van der Waals surface area contributed by atoms with Gasteiger partial charge in [0.2, 0.25) is 10.0 Å². The molecular formula is C30H44N4O4S2. The van der Waals surface area contributed by atoms with Crippen LogP contribution in [0.25, 0.3) is 21.8 Å². The maximum Gasteiger partial charge on any atom is 0.308 e. The fraction of sp³-hybridized carbons (Fsp3) is 0.567. The number of hydrogen-bond donors (Lipinski definition) is 1. The zero-order valence-electron chi connectivity index (χ0n) is 24.5. The maximum absolute atomic E-state index is 11.1. The molecule has 0 spiro atoms. The predicted molar refractivity (Wildman–Crippen MR) is 163 cm³/mol. The Morgan fingerprint density at radius 1 is 0.925 bits per heavy atom. The standard InChI is InChI=1S/C15H15N3S.C9H16O2.C6H13NO2S/c1-11(2)18-16-14(12-7-4-3-5-8-12)15(17-18)13-9-6-10-19-13;1-7(2)9(10)11-8-5-3-4-6-8;1-5(2)7-10(8,9)6-3-4-6/h3-11H,1-2H3;7-8H,3-6H2,1-2H3;5-7H,3-4H2,1-2H3. The number of benzene rings is 1. The third-order valence-corrected chi connectivity index (χ3v) is 9.34. The van der Waals surface area contributed by atoms with Gasteiger partial charge in [0.05, 0.1) is 22.1 Å². The van der Waals surface area contributed by atoms with Crippen molar-refractivity contribution in [3.05, 3.63) is 47.8 Å². The minimum Gasteiger partial charge on any atom is -0.462 e. The van der Waals surface area contributed by atoms with Gasteiger partial charge in [0.25, 0.3) is 0 Å². The number of rotatable bonds is 8. The second-order valence-electron chi connectivity index (χ2n) is 11.2. The molecule has 40 heavy (non-hydrogen) atoms. The quantitative estimate of drug-likeness (QED) is 0.288. The van der Waals surface area contributed by atoms with E-state index in [-0.39, 0.29) is 35.3 Å². The molecule has 2 aromatic heterocycles. The van der Waals surface area contributed by atoms with Crippen LogP contribution < -0.4 is 4.72 Å². The molecule has 0 radical (unpaired) electrons. The number of sulfonamides is 1. The molecule has 2 aliphatic rings. The summed E-state index contributed by atoms with van der Waals surface area (Å²) >= 11 is 1.69. The normalized spacial score (nSPS) is 15.5. The van der Waals surface area contributed by atoms with Crippen molar-refractivity contribution >= 4 is 27.3 Å². The first-order valence-corrected chi connectivity index (χ1v) is 16.7. The number of ether oxygens (including phenoxy) is 1. The molecule has 8 nitrogen and oxygen atoms in total. The summed E-state index contributed by atoms with van der Waals surface area (Å²) in [5.41, 5.74) is 3.03. The van der Waals surface area contributed by atoms with Crippen molar-refractivity contribution in [2.24, 2.45) is 5.92 Å². The lowest BCUT2D eigenvalue weighted by Gasteiger charge is -2.12. The van der Waals surface area contributed by atoms with Gasteiger partial charge in [-0.2, -0.15) is 15.0 Å². The first kappa shape index (κ1) is 32.0. The molecule has 2 heterocycles. The number of nitrogens with one attached hydrogen (secondary N) is 1. The van der Waals surface area contributed by atoms with Crippen LogP contribution in [0.2, 0.25) is 0 Å². The van der Waals surface area contributed by atoms with Gasteiger partial charge < -0.3 is 4.74 Å². The number of thiophene rings is 1. The van der Waals surface area contributed by atoms with Crippen LogP contribution in [0.1, 0.15) is 86.1 Å². The molecule has 2 fully saturated rings. The number of nitrogens with zero attached hydrogens (tertiary/aromatic N) is 3. The summed E-state index contributed by atoms with van der Waals surface area (Å²) in [6.07, 6.45) is 6.47. The monoisotopic (exact) mass is 588 g/mol. The molecule has 0 bridgehead atoms. The maximum atomic E-state index is 11.1. The smallest absolute Gasteiger partial charge is 0.308 e. The van der Waals surface area contributed by atoms with E-state index in [0.29, 0.717) is 0 Å². The van der Waals surface area contributed by atoms with E-state index >= 15 is 0 Å². The molecule has 0 unspecified atom stereocenters. The Morgan fingerprint density at radius 3 is 2.05 bits per heavy atom. The molecular weight excluding hydrogens is 544 g/mol. The van der Waals surface area contributed by atoms with Crippen molar-refractivity contribution in [3.63, 3.8) is 0 Å². The van der Waals surface area contributed by atoms with Crippen LogP contribution in [0.4, 0.5) is 0 Å². The molecule has 2 aliphatic carbocycles. The van der Waals surface area contributed by atoms with E-state index in [1.807, 2.05) is 52.0 Å². The Hall–Kier alpha value is -2.56. The number of carbonyl (C=O) groups excluding carboxylic acids is 1. The summed E-state index contributed by atoms with van der Waals surface area (Å²) in [6.45, 7) is 11.6. The van der Waals surface area contributed by atoms with E-state index in [9.17, 15) is 13.2 Å². The van der Waals surface area contributed by atoms with Crippen LogP contribution >= 0.6 is 11.3 Å². The van der Waals surface area contributed by atoms with Crippen LogP contribution in [0.5, 0.6) is 0 Å². The molecule has 0 saturated heterocycles. The Morgan fingerprint density at radius 2 is 1.55 bits per heavy atom. The van der Waals surface area contributed by atoms with Gasteiger partial charge in [-0.1, -0.05) is 50.2 Å². The molecule has 5 rings (SSSR count). The summed E-state index contributed by atoms with van der Waals surface area (Å²) in [7, 11) is -2.94. The first-order valence-electron chi connectivity index (χ1n) is 14.3. The van der Waals surface area contributed by atoms with Gasteiger partial charge in [-0.05, 0) is 77.7 Å². The summed E-state index contributed by atoms with van der Waals surface area (Å²) in [5.74, 6) is -0.0208. The average Bonchev–Trinajstić information content (AvgIpc) is 3.26. The van der Waals surface area contributed by atoms with Gasteiger partial charge in [0, 0.05) is 11.6 Å². The van der Waals surface area contributed by atoms with Gasteiger partial charge in [0.1, 0.15) is 17.5 Å². The van der Waals surface area contributed by atoms with Gasteiger partial charge in [-0.3, -0.25) is 4.79 Å². The second-order valence-corrected chi connectivity index (χ2v) is 14.1. The van der Waals surface area contributed by atoms with E-state index in [2.05, 4.69) is 52.3 Å². The first-order chi connectivity index (χ1) is 19.0.